The first-order chi connectivity index (χ1) is 8.15. The van der Waals surface area contributed by atoms with E-state index in [0.717, 1.165) is 5.56 Å². The Labute approximate surface area is 104 Å². The van der Waals surface area contributed by atoms with Gasteiger partial charge in [0.2, 0.25) is 0 Å². The van der Waals surface area contributed by atoms with Crippen LogP contribution >= 0.6 is 11.6 Å². The summed E-state index contributed by atoms with van der Waals surface area (Å²) in [4.78, 5) is 12.0. The van der Waals surface area contributed by atoms with Crippen LogP contribution in [0.25, 0.3) is 5.69 Å². The highest BCUT2D eigenvalue weighted by Crippen LogP contribution is 2.20. The Morgan fingerprint density at radius 2 is 2.06 bits per heavy atom. The normalized spacial score (nSPS) is 9.94. The summed E-state index contributed by atoms with van der Waals surface area (Å²) < 4.78 is 1.43. The Balaban J connectivity index is 2.75. The lowest BCUT2D eigenvalue weighted by Gasteiger charge is -2.10. The minimum atomic E-state index is -0.333. The number of nitrogens with zero attached hydrogens (tertiary/aromatic N) is 2. The molecule has 2 rings (SSSR count). The summed E-state index contributed by atoms with van der Waals surface area (Å²) in [5, 5.41) is 9.42. The summed E-state index contributed by atoms with van der Waals surface area (Å²) in [6.07, 6.45) is 1.63. The minimum absolute atomic E-state index is 0.117. The van der Waals surface area contributed by atoms with Crippen LogP contribution in [0, 0.1) is 18.3 Å². The Bertz CT molecular complexity index is 668. The summed E-state index contributed by atoms with van der Waals surface area (Å²) in [6, 6.07) is 10.4. The zero-order valence-corrected chi connectivity index (χ0v) is 9.90. The number of nitriles is 1. The van der Waals surface area contributed by atoms with Crippen molar-refractivity contribution in [1.29, 1.82) is 5.26 Å². The van der Waals surface area contributed by atoms with Gasteiger partial charge >= 0.3 is 0 Å². The Morgan fingerprint density at radius 1 is 1.29 bits per heavy atom. The fraction of sp³-hybridized carbons (Fsp3) is 0.0769. The highest BCUT2D eigenvalue weighted by Gasteiger charge is 2.08. The number of rotatable bonds is 1. The molecule has 1 aromatic heterocycles. The van der Waals surface area contributed by atoms with Crippen LogP contribution in [-0.4, -0.2) is 4.57 Å². The topological polar surface area (TPSA) is 45.8 Å². The first kappa shape index (κ1) is 11.4. The molecule has 0 saturated carbocycles. The molecule has 0 atom stereocenters. The third kappa shape index (κ3) is 1.95. The molecule has 1 aromatic carbocycles. The van der Waals surface area contributed by atoms with E-state index in [9.17, 15) is 4.79 Å². The van der Waals surface area contributed by atoms with E-state index >= 15 is 0 Å². The lowest BCUT2D eigenvalue weighted by Crippen LogP contribution is -2.20. The molecule has 17 heavy (non-hydrogen) atoms. The third-order valence-corrected chi connectivity index (χ3v) is 2.98. The summed E-state index contributed by atoms with van der Waals surface area (Å²) in [7, 11) is 0. The van der Waals surface area contributed by atoms with Crippen LogP contribution in [0.4, 0.5) is 0 Å². The SMILES string of the molecule is Cc1c(Cl)cccc1-n1cccc(C#N)c1=O. The summed E-state index contributed by atoms with van der Waals surface area (Å²) in [6.45, 7) is 1.84. The molecule has 0 aliphatic rings. The average Bonchev–Trinajstić information content (AvgIpc) is 2.33. The van der Waals surface area contributed by atoms with E-state index in [1.54, 1.807) is 30.5 Å². The van der Waals surface area contributed by atoms with Gasteiger partial charge in [-0.15, -0.1) is 0 Å². The second-order valence-corrected chi connectivity index (χ2v) is 4.00. The molecule has 0 aliphatic heterocycles. The molecular weight excluding hydrogens is 236 g/mol. The molecule has 0 fully saturated rings. The van der Waals surface area contributed by atoms with Crippen LogP contribution in [0.3, 0.4) is 0 Å². The van der Waals surface area contributed by atoms with Gasteiger partial charge in [0.15, 0.2) is 0 Å². The molecule has 3 nitrogen and oxygen atoms in total. The highest BCUT2D eigenvalue weighted by molar-refractivity contribution is 6.31. The molecule has 0 aliphatic carbocycles. The summed E-state index contributed by atoms with van der Waals surface area (Å²) in [5.74, 6) is 0. The molecule has 1 heterocycles. The molecule has 2 aromatic rings. The average molecular weight is 245 g/mol. The van der Waals surface area contributed by atoms with Crippen molar-refractivity contribution in [2.45, 2.75) is 6.92 Å². The zero-order valence-electron chi connectivity index (χ0n) is 9.14. The zero-order chi connectivity index (χ0) is 12.4. The van der Waals surface area contributed by atoms with Gasteiger partial charge < -0.3 is 0 Å². The fourth-order valence-corrected chi connectivity index (χ4v) is 1.80. The standard InChI is InChI=1S/C13H9ClN2O/c1-9-11(14)5-2-6-12(9)16-7-3-4-10(8-15)13(16)17/h2-7H,1H3. The smallest absolute Gasteiger partial charge is 0.272 e. The van der Waals surface area contributed by atoms with Gasteiger partial charge in [-0.25, -0.2) is 0 Å². The van der Waals surface area contributed by atoms with Crippen molar-refractivity contribution in [2.75, 3.05) is 0 Å². The van der Waals surface area contributed by atoms with Crippen LogP contribution in [0.5, 0.6) is 0 Å². The van der Waals surface area contributed by atoms with Crippen molar-refractivity contribution in [1.82, 2.24) is 4.57 Å². The lowest BCUT2D eigenvalue weighted by molar-refractivity contribution is 0.971. The Morgan fingerprint density at radius 3 is 2.76 bits per heavy atom. The predicted molar refractivity (Wildman–Crippen MR) is 66.5 cm³/mol. The fourth-order valence-electron chi connectivity index (χ4n) is 1.63. The van der Waals surface area contributed by atoms with E-state index in [2.05, 4.69) is 0 Å². The van der Waals surface area contributed by atoms with E-state index in [-0.39, 0.29) is 11.1 Å². The molecule has 0 N–H and O–H groups in total. The number of aromatic nitrogens is 1. The van der Waals surface area contributed by atoms with Crippen molar-refractivity contribution < 1.29 is 0 Å². The Kier molecular flexibility index (Phi) is 2.99. The van der Waals surface area contributed by atoms with Gasteiger partial charge in [-0.3, -0.25) is 9.36 Å². The molecule has 84 valence electrons. The number of benzene rings is 1. The minimum Gasteiger partial charge on any atom is -0.283 e. The lowest BCUT2D eigenvalue weighted by atomic mass is 10.2. The van der Waals surface area contributed by atoms with Crippen LogP contribution < -0.4 is 5.56 Å². The van der Waals surface area contributed by atoms with E-state index < -0.39 is 0 Å². The van der Waals surface area contributed by atoms with Gasteiger partial charge in [-0.05, 0) is 36.8 Å². The molecule has 0 radical (unpaired) electrons. The maximum Gasteiger partial charge on any atom is 0.272 e. The summed E-state index contributed by atoms with van der Waals surface area (Å²) >= 11 is 6.01. The molecule has 0 bridgehead atoms. The molecule has 0 spiro atoms. The van der Waals surface area contributed by atoms with Crippen LogP contribution in [-0.2, 0) is 0 Å². The molecular formula is C13H9ClN2O. The van der Waals surface area contributed by atoms with Crippen LogP contribution in [0.15, 0.2) is 41.3 Å². The van der Waals surface area contributed by atoms with E-state index in [1.165, 1.54) is 10.6 Å². The van der Waals surface area contributed by atoms with Gasteiger partial charge in [-0.2, -0.15) is 5.26 Å². The summed E-state index contributed by atoms with van der Waals surface area (Å²) in [5.41, 5.74) is 1.29. The van der Waals surface area contributed by atoms with Gasteiger partial charge in [0.1, 0.15) is 11.6 Å². The van der Waals surface area contributed by atoms with Crippen molar-refractivity contribution in [3.05, 3.63) is 63.0 Å². The quantitative estimate of drug-likeness (QED) is 0.774. The molecule has 0 saturated heterocycles. The third-order valence-electron chi connectivity index (χ3n) is 2.57. The van der Waals surface area contributed by atoms with Gasteiger partial charge in [0, 0.05) is 11.2 Å². The second kappa shape index (κ2) is 4.44. The first-order valence-electron chi connectivity index (χ1n) is 5.02. The number of halogens is 1. The number of hydrogen-bond donors (Lipinski definition) is 0. The van der Waals surface area contributed by atoms with Crippen molar-refractivity contribution >= 4 is 11.6 Å². The molecule has 4 heteroatoms. The van der Waals surface area contributed by atoms with Crippen molar-refractivity contribution in [3.63, 3.8) is 0 Å². The maximum atomic E-state index is 12.0. The first-order valence-corrected chi connectivity index (χ1v) is 5.40. The number of pyridine rings is 1. The van der Waals surface area contributed by atoms with Gasteiger partial charge in [0.05, 0.1) is 5.69 Å². The maximum absolute atomic E-state index is 12.0. The van der Waals surface area contributed by atoms with Gasteiger partial charge in [0.25, 0.3) is 5.56 Å². The predicted octanol–water partition coefficient (Wildman–Crippen LogP) is 2.67. The molecule has 0 unspecified atom stereocenters. The van der Waals surface area contributed by atoms with Crippen molar-refractivity contribution in [3.8, 4) is 11.8 Å². The number of hydrogen-bond acceptors (Lipinski definition) is 2. The van der Waals surface area contributed by atoms with Crippen LogP contribution in [0.2, 0.25) is 5.02 Å². The van der Waals surface area contributed by atoms with E-state index in [4.69, 9.17) is 16.9 Å². The molecule has 0 amide bonds. The van der Waals surface area contributed by atoms with E-state index in [1.807, 2.05) is 13.0 Å². The van der Waals surface area contributed by atoms with Crippen LogP contribution in [0.1, 0.15) is 11.1 Å². The largest absolute Gasteiger partial charge is 0.283 e. The van der Waals surface area contributed by atoms with Crippen molar-refractivity contribution in [2.24, 2.45) is 0 Å². The van der Waals surface area contributed by atoms with E-state index in [0.29, 0.717) is 10.7 Å². The highest BCUT2D eigenvalue weighted by atomic mass is 35.5. The Hall–Kier alpha value is -2.05. The van der Waals surface area contributed by atoms with Gasteiger partial charge in [-0.1, -0.05) is 17.7 Å². The monoisotopic (exact) mass is 244 g/mol. The second-order valence-electron chi connectivity index (χ2n) is 3.59.